The van der Waals surface area contributed by atoms with Gasteiger partial charge < -0.3 is 14.8 Å². The number of hydrogen-bond donors (Lipinski definition) is 1. The molecule has 0 atom stereocenters. The van der Waals surface area contributed by atoms with E-state index in [1.54, 1.807) is 14.0 Å². The van der Waals surface area contributed by atoms with Gasteiger partial charge in [-0.2, -0.15) is 20.1 Å². The van der Waals surface area contributed by atoms with Gasteiger partial charge in [0.15, 0.2) is 0 Å². The second-order valence-corrected chi connectivity index (χ2v) is 3.82. The van der Waals surface area contributed by atoms with Crippen molar-refractivity contribution in [3.63, 3.8) is 0 Å². The van der Waals surface area contributed by atoms with Gasteiger partial charge in [0, 0.05) is 13.2 Å². The van der Waals surface area contributed by atoms with Crippen molar-refractivity contribution < 1.29 is 14.3 Å². The van der Waals surface area contributed by atoms with Crippen LogP contribution in [0.5, 0.6) is 6.01 Å². The van der Waals surface area contributed by atoms with Crippen molar-refractivity contribution in [3.05, 3.63) is 18.0 Å². The first kappa shape index (κ1) is 14.7. The van der Waals surface area contributed by atoms with Gasteiger partial charge >= 0.3 is 12.0 Å². The smallest absolute Gasteiger partial charge is 0.341 e. The molecule has 0 unspecified atom stereocenters. The molecule has 1 N–H and O–H groups in total. The monoisotopic (exact) mass is 292 g/mol. The van der Waals surface area contributed by atoms with Crippen molar-refractivity contribution >= 4 is 11.9 Å². The van der Waals surface area contributed by atoms with Crippen molar-refractivity contribution in [2.75, 3.05) is 25.6 Å². The predicted molar refractivity (Wildman–Crippen MR) is 73.6 cm³/mol. The Morgan fingerprint density at radius 2 is 2.10 bits per heavy atom. The molecule has 0 aromatic carbocycles. The minimum Gasteiger partial charge on any atom is -0.464 e. The molecule has 0 saturated heterocycles. The molecule has 2 aromatic heterocycles. The molecule has 0 aliphatic rings. The Morgan fingerprint density at radius 3 is 2.76 bits per heavy atom. The summed E-state index contributed by atoms with van der Waals surface area (Å²) in [6, 6.07) is 0.181. The minimum atomic E-state index is -0.448. The standard InChI is InChI=1S/C12H16N6O3/c1-4-20-9(19)8-6-14-18(7-8)11-15-10(13-3)16-12(17-11)21-5-2/h6-7H,4-5H2,1-3H3,(H,13,15,16,17). The van der Waals surface area contributed by atoms with Crippen molar-refractivity contribution in [2.24, 2.45) is 0 Å². The molecule has 9 heteroatoms. The van der Waals surface area contributed by atoms with Gasteiger partial charge in [-0.15, -0.1) is 0 Å². The highest BCUT2D eigenvalue weighted by atomic mass is 16.5. The Hall–Kier alpha value is -2.71. The molecule has 0 aliphatic carbocycles. The summed E-state index contributed by atoms with van der Waals surface area (Å²) >= 11 is 0. The fourth-order valence-electron chi connectivity index (χ4n) is 1.51. The first-order valence-corrected chi connectivity index (χ1v) is 6.46. The Morgan fingerprint density at radius 1 is 1.29 bits per heavy atom. The van der Waals surface area contributed by atoms with Crippen molar-refractivity contribution in [2.45, 2.75) is 13.8 Å². The van der Waals surface area contributed by atoms with Gasteiger partial charge in [0.05, 0.1) is 25.0 Å². The summed E-state index contributed by atoms with van der Waals surface area (Å²) < 4.78 is 11.5. The van der Waals surface area contributed by atoms with Gasteiger partial charge in [-0.05, 0) is 13.8 Å². The van der Waals surface area contributed by atoms with Crippen molar-refractivity contribution in [3.8, 4) is 12.0 Å². The molecule has 0 saturated carbocycles. The number of nitrogens with zero attached hydrogens (tertiary/aromatic N) is 5. The molecule has 0 radical (unpaired) electrons. The van der Waals surface area contributed by atoms with Crippen LogP contribution >= 0.6 is 0 Å². The molecule has 0 bridgehead atoms. The second-order valence-electron chi connectivity index (χ2n) is 3.82. The van der Waals surface area contributed by atoms with E-state index < -0.39 is 5.97 Å². The summed E-state index contributed by atoms with van der Waals surface area (Å²) in [6.07, 6.45) is 2.88. The summed E-state index contributed by atoms with van der Waals surface area (Å²) in [4.78, 5) is 23.9. The maximum absolute atomic E-state index is 11.6. The van der Waals surface area contributed by atoms with Crippen LogP contribution in [-0.2, 0) is 4.74 Å². The van der Waals surface area contributed by atoms with E-state index in [2.05, 4.69) is 25.4 Å². The van der Waals surface area contributed by atoms with Crippen LogP contribution in [0.4, 0.5) is 5.95 Å². The second kappa shape index (κ2) is 6.64. The third-order valence-electron chi connectivity index (χ3n) is 2.40. The van der Waals surface area contributed by atoms with Crippen LogP contribution in [0.2, 0.25) is 0 Å². The molecule has 0 spiro atoms. The fourth-order valence-corrected chi connectivity index (χ4v) is 1.51. The molecule has 2 rings (SSSR count). The molecule has 21 heavy (non-hydrogen) atoms. The fraction of sp³-hybridized carbons (Fsp3) is 0.417. The van der Waals surface area contributed by atoms with Crippen molar-refractivity contribution in [1.82, 2.24) is 24.7 Å². The molecular formula is C12H16N6O3. The third kappa shape index (κ3) is 3.44. The van der Waals surface area contributed by atoms with Gasteiger partial charge in [0.2, 0.25) is 5.95 Å². The van der Waals surface area contributed by atoms with Gasteiger partial charge in [0.25, 0.3) is 5.95 Å². The number of anilines is 1. The number of carbonyl (C=O) groups excluding carboxylic acids is 1. The molecule has 112 valence electrons. The topological polar surface area (TPSA) is 104 Å². The average Bonchev–Trinajstić information content (AvgIpc) is 2.97. The van der Waals surface area contributed by atoms with E-state index in [4.69, 9.17) is 9.47 Å². The molecule has 9 nitrogen and oxygen atoms in total. The predicted octanol–water partition coefficient (Wildman–Crippen LogP) is 0.674. The minimum absolute atomic E-state index is 0.181. The molecule has 2 aromatic rings. The van der Waals surface area contributed by atoms with Gasteiger partial charge in [-0.25, -0.2) is 9.48 Å². The SMILES string of the molecule is CCOC(=O)c1cnn(-c2nc(NC)nc(OCC)n2)c1. The maximum atomic E-state index is 11.6. The number of aromatic nitrogens is 5. The normalized spacial score (nSPS) is 10.2. The molecule has 0 aliphatic heterocycles. The number of hydrogen-bond acceptors (Lipinski definition) is 8. The van der Waals surface area contributed by atoms with E-state index in [0.29, 0.717) is 24.7 Å². The molecule has 0 amide bonds. The van der Waals surface area contributed by atoms with E-state index in [-0.39, 0.29) is 12.0 Å². The van der Waals surface area contributed by atoms with Crippen LogP contribution in [-0.4, -0.2) is 51.0 Å². The number of esters is 1. The van der Waals surface area contributed by atoms with Crippen LogP contribution < -0.4 is 10.1 Å². The highest BCUT2D eigenvalue weighted by Gasteiger charge is 2.13. The lowest BCUT2D eigenvalue weighted by molar-refractivity contribution is 0.0526. The lowest BCUT2D eigenvalue weighted by atomic mass is 10.4. The highest BCUT2D eigenvalue weighted by molar-refractivity contribution is 5.88. The zero-order valence-corrected chi connectivity index (χ0v) is 12.0. The zero-order chi connectivity index (χ0) is 15.2. The number of carbonyl (C=O) groups is 1. The van der Waals surface area contributed by atoms with Gasteiger partial charge in [-0.1, -0.05) is 0 Å². The Balaban J connectivity index is 2.32. The number of rotatable bonds is 6. The zero-order valence-electron chi connectivity index (χ0n) is 12.0. The summed E-state index contributed by atoms with van der Waals surface area (Å²) in [7, 11) is 1.68. The average molecular weight is 292 g/mol. The number of nitrogens with one attached hydrogen (secondary N) is 1. The molecular weight excluding hydrogens is 276 g/mol. The Kier molecular flexibility index (Phi) is 4.64. The van der Waals surface area contributed by atoms with E-state index in [1.807, 2.05) is 6.92 Å². The number of ether oxygens (including phenoxy) is 2. The van der Waals surface area contributed by atoms with Crippen LogP contribution in [0.1, 0.15) is 24.2 Å². The maximum Gasteiger partial charge on any atom is 0.341 e. The van der Waals surface area contributed by atoms with E-state index >= 15 is 0 Å². The quantitative estimate of drug-likeness (QED) is 0.775. The lowest BCUT2D eigenvalue weighted by Gasteiger charge is -2.06. The van der Waals surface area contributed by atoms with E-state index in [0.717, 1.165) is 0 Å². The Labute approximate surface area is 121 Å². The molecule has 0 fully saturated rings. The van der Waals surface area contributed by atoms with E-state index in [1.165, 1.54) is 17.1 Å². The molecule has 2 heterocycles. The lowest BCUT2D eigenvalue weighted by Crippen LogP contribution is -2.09. The first-order chi connectivity index (χ1) is 10.2. The summed E-state index contributed by atoms with van der Waals surface area (Å²) in [6.45, 7) is 4.30. The first-order valence-electron chi connectivity index (χ1n) is 6.46. The van der Waals surface area contributed by atoms with Crippen molar-refractivity contribution in [1.29, 1.82) is 0 Å². The summed E-state index contributed by atoms with van der Waals surface area (Å²) in [5, 5.41) is 6.86. The summed E-state index contributed by atoms with van der Waals surface area (Å²) in [5.74, 6) is 0.140. The van der Waals surface area contributed by atoms with E-state index in [9.17, 15) is 4.79 Å². The van der Waals surface area contributed by atoms with Gasteiger partial charge in [-0.3, -0.25) is 0 Å². The van der Waals surface area contributed by atoms with Crippen LogP contribution in [0.3, 0.4) is 0 Å². The largest absolute Gasteiger partial charge is 0.464 e. The highest BCUT2D eigenvalue weighted by Crippen LogP contribution is 2.11. The third-order valence-corrected chi connectivity index (χ3v) is 2.40. The van der Waals surface area contributed by atoms with Crippen LogP contribution in [0.15, 0.2) is 12.4 Å². The Bertz CT molecular complexity index is 627. The van der Waals surface area contributed by atoms with Gasteiger partial charge in [0.1, 0.15) is 0 Å². The van der Waals surface area contributed by atoms with Crippen LogP contribution in [0.25, 0.3) is 5.95 Å². The summed E-state index contributed by atoms with van der Waals surface area (Å²) in [5.41, 5.74) is 0.321. The van der Waals surface area contributed by atoms with Crippen LogP contribution in [0, 0.1) is 0 Å².